The number of hydrogen-bond acceptors (Lipinski definition) is 3. The summed E-state index contributed by atoms with van der Waals surface area (Å²) in [6, 6.07) is 7.78. The fraction of sp³-hybridized carbons (Fsp3) is 0.562. The molecule has 1 aliphatic heterocycles. The van der Waals surface area contributed by atoms with Gasteiger partial charge in [-0.3, -0.25) is 0 Å². The van der Waals surface area contributed by atoms with Crippen molar-refractivity contribution in [3.8, 4) is 6.07 Å². The van der Waals surface area contributed by atoms with E-state index >= 15 is 0 Å². The molecule has 0 amide bonds. The van der Waals surface area contributed by atoms with Crippen molar-refractivity contribution < 1.29 is 13.3 Å². The predicted octanol–water partition coefficient (Wildman–Crippen LogP) is 0.352. The molecular formula is C16H24N3O2S+. The molecule has 1 fully saturated rings. The van der Waals surface area contributed by atoms with Crippen LogP contribution in [0.1, 0.15) is 18.1 Å². The van der Waals surface area contributed by atoms with Crippen LogP contribution in [0.2, 0.25) is 0 Å². The van der Waals surface area contributed by atoms with Crippen LogP contribution >= 0.6 is 0 Å². The van der Waals surface area contributed by atoms with Crippen molar-refractivity contribution in [1.29, 1.82) is 5.26 Å². The van der Waals surface area contributed by atoms with Crippen molar-refractivity contribution in [1.82, 2.24) is 4.31 Å². The van der Waals surface area contributed by atoms with Crippen LogP contribution in [0.5, 0.6) is 0 Å². The Morgan fingerprint density at radius 1 is 1.32 bits per heavy atom. The van der Waals surface area contributed by atoms with E-state index in [0.717, 1.165) is 30.8 Å². The molecule has 0 bridgehead atoms. The van der Waals surface area contributed by atoms with E-state index in [1.54, 1.807) is 10.4 Å². The Hall–Kier alpha value is -1.42. The first-order valence-electron chi connectivity index (χ1n) is 7.65. The van der Waals surface area contributed by atoms with Gasteiger partial charge in [-0.05, 0) is 38.0 Å². The highest BCUT2D eigenvalue weighted by Gasteiger charge is 2.31. The highest BCUT2D eigenvalue weighted by Crippen LogP contribution is 2.21. The zero-order chi connectivity index (χ0) is 16.3. The van der Waals surface area contributed by atoms with E-state index < -0.39 is 10.0 Å². The standard InChI is InChI=1S/C16H23N3O2S/c1-13-4-5-15(3)16(10-13)22(20,21)19-8-6-18(7-9-19)12-14(2)11-17/h4-5,10,14H,6-9,12H2,1-3H3/p+1/t14-/m1/s1. The summed E-state index contributed by atoms with van der Waals surface area (Å²) in [6.07, 6.45) is 0. The molecule has 1 saturated heterocycles. The Kier molecular flexibility index (Phi) is 5.22. The topological polar surface area (TPSA) is 65.6 Å². The molecule has 1 aromatic carbocycles. The Bertz CT molecular complexity index is 671. The molecule has 0 unspecified atom stereocenters. The Balaban J connectivity index is 2.10. The average Bonchev–Trinajstić information content (AvgIpc) is 2.50. The van der Waals surface area contributed by atoms with Crippen LogP contribution in [0.15, 0.2) is 23.1 Å². The summed E-state index contributed by atoms with van der Waals surface area (Å²) in [6.45, 7) is 8.99. The van der Waals surface area contributed by atoms with Crippen LogP contribution in [0.4, 0.5) is 0 Å². The zero-order valence-corrected chi connectivity index (χ0v) is 14.3. The average molecular weight is 322 g/mol. The number of piperazine rings is 1. The first-order chi connectivity index (χ1) is 10.3. The zero-order valence-electron chi connectivity index (χ0n) is 13.5. The van der Waals surface area contributed by atoms with Crippen LogP contribution in [0, 0.1) is 31.1 Å². The quantitative estimate of drug-likeness (QED) is 0.870. The number of sulfonamides is 1. The SMILES string of the molecule is Cc1ccc(C)c(S(=O)(=O)N2CC[NH+](C[C@H](C)C#N)CC2)c1. The van der Waals surface area contributed by atoms with Crippen LogP contribution in [0.3, 0.4) is 0 Å². The Labute approximate surface area is 133 Å². The maximum Gasteiger partial charge on any atom is 0.243 e. The van der Waals surface area contributed by atoms with Gasteiger partial charge in [-0.1, -0.05) is 12.1 Å². The maximum atomic E-state index is 12.8. The lowest BCUT2D eigenvalue weighted by Crippen LogP contribution is -3.15. The molecule has 1 N–H and O–H groups in total. The maximum absolute atomic E-state index is 12.8. The van der Waals surface area contributed by atoms with Crippen LogP contribution in [-0.4, -0.2) is 45.4 Å². The van der Waals surface area contributed by atoms with E-state index in [2.05, 4.69) is 6.07 Å². The summed E-state index contributed by atoms with van der Waals surface area (Å²) < 4.78 is 27.2. The molecule has 1 heterocycles. The first-order valence-corrected chi connectivity index (χ1v) is 9.09. The second-order valence-corrected chi connectivity index (χ2v) is 8.06. The molecule has 2 rings (SSSR count). The van der Waals surface area contributed by atoms with Gasteiger partial charge in [0, 0.05) is 0 Å². The van der Waals surface area contributed by atoms with Crippen molar-refractivity contribution in [2.45, 2.75) is 25.7 Å². The molecule has 5 nitrogen and oxygen atoms in total. The summed E-state index contributed by atoms with van der Waals surface area (Å²) in [7, 11) is -3.42. The Morgan fingerprint density at radius 3 is 2.55 bits per heavy atom. The van der Waals surface area contributed by atoms with Gasteiger partial charge in [0.2, 0.25) is 10.0 Å². The number of aryl methyl sites for hydroxylation is 2. The van der Waals surface area contributed by atoms with Crippen molar-refractivity contribution in [3.05, 3.63) is 29.3 Å². The number of rotatable bonds is 4. The number of quaternary nitrogens is 1. The number of nitriles is 1. The predicted molar refractivity (Wildman–Crippen MR) is 85.0 cm³/mol. The number of hydrogen-bond donors (Lipinski definition) is 1. The molecule has 0 radical (unpaired) electrons. The van der Waals surface area contributed by atoms with Gasteiger partial charge in [-0.2, -0.15) is 9.57 Å². The van der Waals surface area contributed by atoms with E-state index in [0.29, 0.717) is 18.0 Å². The van der Waals surface area contributed by atoms with Gasteiger partial charge in [-0.15, -0.1) is 0 Å². The minimum atomic E-state index is -3.42. The van der Waals surface area contributed by atoms with E-state index in [1.165, 1.54) is 4.90 Å². The monoisotopic (exact) mass is 322 g/mol. The molecule has 0 saturated carbocycles. The summed E-state index contributed by atoms with van der Waals surface area (Å²) in [5, 5.41) is 8.88. The second-order valence-electron chi connectivity index (χ2n) is 6.16. The van der Waals surface area contributed by atoms with Crippen LogP contribution < -0.4 is 4.90 Å². The van der Waals surface area contributed by atoms with Gasteiger partial charge in [-0.25, -0.2) is 8.42 Å². The molecule has 0 aliphatic carbocycles. The third-order valence-electron chi connectivity index (χ3n) is 4.21. The van der Waals surface area contributed by atoms with Crippen molar-refractivity contribution in [2.24, 2.45) is 5.92 Å². The number of benzene rings is 1. The number of nitrogens with zero attached hydrogens (tertiary/aromatic N) is 2. The smallest absolute Gasteiger partial charge is 0.243 e. The summed E-state index contributed by atoms with van der Waals surface area (Å²) in [5.41, 5.74) is 1.75. The first kappa shape index (κ1) is 16.9. The van der Waals surface area contributed by atoms with E-state index in [1.807, 2.05) is 32.9 Å². The van der Waals surface area contributed by atoms with Gasteiger partial charge in [0.25, 0.3) is 0 Å². The number of nitrogens with one attached hydrogen (secondary N) is 1. The summed E-state index contributed by atoms with van der Waals surface area (Å²) >= 11 is 0. The van der Waals surface area contributed by atoms with Crippen molar-refractivity contribution in [3.63, 3.8) is 0 Å². The lowest BCUT2D eigenvalue weighted by molar-refractivity contribution is -0.905. The Morgan fingerprint density at radius 2 is 1.95 bits per heavy atom. The van der Waals surface area contributed by atoms with Crippen molar-refractivity contribution in [2.75, 3.05) is 32.7 Å². The van der Waals surface area contributed by atoms with Gasteiger partial charge < -0.3 is 4.90 Å². The fourth-order valence-corrected chi connectivity index (χ4v) is 4.60. The van der Waals surface area contributed by atoms with Gasteiger partial charge in [0.1, 0.15) is 0 Å². The molecule has 6 heteroatoms. The largest absolute Gasteiger partial charge is 0.332 e. The van der Waals surface area contributed by atoms with Crippen LogP contribution in [0.25, 0.3) is 0 Å². The lowest BCUT2D eigenvalue weighted by atomic mass is 10.2. The second kappa shape index (κ2) is 6.78. The van der Waals surface area contributed by atoms with Gasteiger partial charge in [0.15, 0.2) is 0 Å². The summed E-state index contributed by atoms with van der Waals surface area (Å²) in [5.74, 6) is 0.0113. The molecule has 1 aliphatic rings. The lowest BCUT2D eigenvalue weighted by Gasteiger charge is -2.32. The van der Waals surface area contributed by atoms with E-state index in [4.69, 9.17) is 5.26 Å². The molecule has 1 atom stereocenters. The molecule has 120 valence electrons. The summed E-state index contributed by atoms with van der Waals surface area (Å²) in [4.78, 5) is 1.72. The normalized spacial score (nSPS) is 18.8. The third-order valence-corrected chi connectivity index (χ3v) is 6.25. The minimum Gasteiger partial charge on any atom is -0.332 e. The molecule has 1 aromatic rings. The van der Waals surface area contributed by atoms with E-state index in [-0.39, 0.29) is 5.92 Å². The van der Waals surface area contributed by atoms with E-state index in [9.17, 15) is 8.42 Å². The van der Waals surface area contributed by atoms with Gasteiger partial charge in [0.05, 0.1) is 49.6 Å². The van der Waals surface area contributed by atoms with Crippen molar-refractivity contribution >= 4 is 10.0 Å². The minimum absolute atomic E-state index is 0.0113. The fourth-order valence-electron chi connectivity index (χ4n) is 2.85. The van der Waals surface area contributed by atoms with Crippen LogP contribution in [-0.2, 0) is 10.0 Å². The third kappa shape index (κ3) is 3.67. The highest BCUT2D eigenvalue weighted by molar-refractivity contribution is 7.89. The molecular weight excluding hydrogens is 298 g/mol. The van der Waals surface area contributed by atoms with Gasteiger partial charge >= 0.3 is 0 Å². The molecule has 0 spiro atoms. The molecule has 0 aromatic heterocycles. The molecule has 22 heavy (non-hydrogen) atoms. The highest BCUT2D eigenvalue weighted by atomic mass is 32.2.